The largest absolute Gasteiger partial charge is 0.466 e. The van der Waals surface area contributed by atoms with E-state index in [1.807, 2.05) is 0 Å². The van der Waals surface area contributed by atoms with E-state index in [9.17, 15) is 4.79 Å². The van der Waals surface area contributed by atoms with Crippen LogP contribution in [0.4, 0.5) is 0 Å². The van der Waals surface area contributed by atoms with E-state index in [2.05, 4.69) is 27.7 Å². The second-order valence-electron chi connectivity index (χ2n) is 12.9. The molecule has 0 amide bonds. The third-order valence-corrected chi connectivity index (χ3v) is 11.3. The van der Waals surface area contributed by atoms with Gasteiger partial charge in [-0.2, -0.15) is 0 Å². The van der Waals surface area contributed by atoms with Crippen molar-refractivity contribution in [2.45, 2.75) is 118 Å². The molecule has 4 aliphatic rings. The van der Waals surface area contributed by atoms with Crippen LogP contribution in [0.5, 0.6) is 0 Å². The lowest BCUT2D eigenvalue weighted by molar-refractivity contribution is -0.142. The van der Waals surface area contributed by atoms with Crippen molar-refractivity contribution < 1.29 is 9.53 Å². The van der Waals surface area contributed by atoms with Crippen molar-refractivity contribution in [2.24, 2.45) is 52.3 Å². The summed E-state index contributed by atoms with van der Waals surface area (Å²) in [4.78, 5) is 11.0. The molecule has 0 saturated heterocycles. The molecule has 0 radical (unpaired) electrons. The zero-order valence-corrected chi connectivity index (χ0v) is 21.3. The second-order valence-corrected chi connectivity index (χ2v) is 12.9. The minimum atomic E-state index is -0.142. The van der Waals surface area contributed by atoms with Crippen molar-refractivity contribution in [2.75, 3.05) is 6.61 Å². The average molecular weight is 431 g/mol. The summed E-state index contributed by atoms with van der Waals surface area (Å²) in [7, 11) is 0. The maximum atomic E-state index is 11.0. The molecule has 9 atom stereocenters. The van der Waals surface area contributed by atoms with Gasteiger partial charge in [0.1, 0.15) is 0 Å². The Hall–Kier alpha value is -0.530. The quantitative estimate of drug-likeness (QED) is 0.382. The van der Waals surface area contributed by atoms with E-state index in [4.69, 9.17) is 4.74 Å². The number of carbonyl (C=O) groups is 1. The first kappa shape index (κ1) is 23.6. The van der Waals surface area contributed by atoms with Crippen LogP contribution in [0.1, 0.15) is 118 Å². The molecule has 0 N–H and O–H groups in total. The van der Waals surface area contributed by atoms with Crippen LogP contribution in [0.2, 0.25) is 0 Å². The number of rotatable bonds is 7. The van der Waals surface area contributed by atoms with E-state index in [-0.39, 0.29) is 5.97 Å². The number of esters is 1. The van der Waals surface area contributed by atoms with Crippen LogP contribution >= 0.6 is 0 Å². The number of fused-ring (bicyclic) bond motifs is 5. The summed E-state index contributed by atoms with van der Waals surface area (Å²) < 4.78 is 5.20. The molecule has 0 heterocycles. The van der Waals surface area contributed by atoms with E-state index < -0.39 is 0 Å². The molecule has 4 saturated carbocycles. The van der Waals surface area contributed by atoms with E-state index in [1.165, 1.54) is 84.0 Å². The Balaban J connectivity index is 1.34. The van der Waals surface area contributed by atoms with Gasteiger partial charge < -0.3 is 4.74 Å². The van der Waals surface area contributed by atoms with E-state index in [1.54, 1.807) is 6.42 Å². The lowest BCUT2D eigenvalue weighted by Gasteiger charge is -2.61. The van der Waals surface area contributed by atoms with Crippen molar-refractivity contribution in [3.05, 3.63) is 0 Å². The van der Waals surface area contributed by atoms with Crippen LogP contribution in [0, 0.1) is 52.3 Å². The Morgan fingerprint density at radius 3 is 2.45 bits per heavy atom. The molecule has 2 nitrogen and oxygen atoms in total. The number of hydrogen-bond donors (Lipinski definition) is 0. The smallest absolute Gasteiger partial charge is 0.302 e. The van der Waals surface area contributed by atoms with E-state index >= 15 is 0 Å². The van der Waals surface area contributed by atoms with Gasteiger partial charge in [-0.15, -0.1) is 0 Å². The average Bonchev–Trinajstić information content (AvgIpc) is 3.09. The van der Waals surface area contributed by atoms with E-state index in [0.29, 0.717) is 23.4 Å². The zero-order chi connectivity index (χ0) is 22.2. The predicted molar refractivity (Wildman–Crippen MR) is 129 cm³/mol. The maximum Gasteiger partial charge on any atom is 0.302 e. The number of ether oxygens (including phenoxy) is 1. The van der Waals surface area contributed by atoms with Crippen LogP contribution in [0.3, 0.4) is 0 Å². The van der Waals surface area contributed by atoms with Gasteiger partial charge in [0, 0.05) is 6.92 Å². The molecule has 4 aliphatic carbocycles. The zero-order valence-electron chi connectivity index (χ0n) is 21.3. The number of carbonyl (C=O) groups excluding carboxylic acids is 1. The Morgan fingerprint density at radius 2 is 1.68 bits per heavy atom. The highest BCUT2D eigenvalue weighted by atomic mass is 16.5. The van der Waals surface area contributed by atoms with Gasteiger partial charge in [-0.3, -0.25) is 4.79 Å². The SMILES string of the molecule is CC(=O)OCC(C)CCC[C@@H](C)[C@H]1CC[C@H]2[C@@H]3CCC4CCCC[C@]4(C)[C@H]3CC[C@]12C. The second kappa shape index (κ2) is 9.38. The van der Waals surface area contributed by atoms with Gasteiger partial charge in [0.25, 0.3) is 0 Å². The molecular weight excluding hydrogens is 380 g/mol. The van der Waals surface area contributed by atoms with Gasteiger partial charge in [0.2, 0.25) is 0 Å². The third-order valence-electron chi connectivity index (χ3n) is 11.3. The van der Waals surface area contributed by atoms with Crippen molar-refractivity contribution in [3.63, 3.8) is 0 Å². The first-order valence-electron chi connectivity index (χ1n) is 13.9. The summed E-state index contributed by atoms with van der Waals surface area (Å²) in [5.41, 5.74) is 1.27. The monoisotopic (exact) mass is 430 g/mol. The topological polar surface area (TPSA) is 26.3 Å². The lowest BCUT2D eigenvalue weighted by atomic mass is 9.44. The van der Waals surface area contributed by atoms with Gasteiger partial charge >= 0.3 is 5.97 Å². The van der Waals surface area contributed by atoms with E-state index in [0.717, 1.165) is 35.5 Å². The Bertz CT molecular complexity index is 628. The standard InChI is InChI=1S/C29H50O2/c1-20(19-31-22(3)30)9-8-10-21(2)25-14-15-26-24-13-12-23-11-6-7-17-28(23,4)27(24)16-18-29(25,26)5/h20-21,23-27H,6-19H2,1-5H3/t20?,21-,23?,24+,25-,26+,27+,28+,29-/m1/s1. The first-order chi connectivity index (χ1) is 14.8. The van der Waals surface area contributed by atoms with Crippen LogP contribution < -0.4 is 0 Å². The first-order valence-corrected chi connectivity index (χ1v) is 13.9. The highest BCUT2D eigenvalue weighted by Crippen LogP contribution is 2.68. The van der Waals surface area contributed by atoms with Crippen LogP contribution in [-0.2, 0) is 9.53 Å². The van der Waals surface area contributed by atoms with Crippen LogP contribution in [0.15, 0.2) is 0 Å². The van der Waals surface area contributed by atoms with Crippen LogP contribution in [-0.4, -0.2) is 12.6 Å². The molecular formula is C29H50O2. The molecule has 0 aliphatic heterocycles. The fourth-order valence-electron chi connectivity index (χ4n) is 9.60. The summed E-state index contributed by atoms with van der Waals surface area (Å²) in [6.07, 6.45) is 18.9. The molecule has 31 heavy (non-hydrogen) atoms. The summed E-state index contributed by atoms with van der Waals surface area (Å²) >= 11 is 0. The van der Waals surface area contributed by atoms with Gasteiger partial charge in [-0.25, -0.2) is 0 Å². The molecule has 4 fully saturated rings. The van der Waals surface area contributed by atoms with Gasteiger partial charge in [0.15, 0.2) is 0 Å². The molecule has 4 rings (SSSR count). The lowest BCUT2D eigenvalue weighted by Crippen LogP contribution is -2.53. The molecule has 0 aromatic heterocycles. The maximum absolute atomic E-state index is 11.0. The summed E-state index contributed by atoms with van der Waals surface area (Å²) in [5, 5.41) is 0. The normalized spacial score (nSPS) is 44.0. The highest BCUT2D eigenvalue weighted by Gasteiger charge is 2.59. The molecule has 178 valence electrons. The molecule has 2 heteroatoms. The molecule has 0 bridgehead atoms. The van der Waals surface area contributed by atoms with Crippen LogP contribution in [0.25, 0.3) is 0 Å². The minimum Gasteiger partial charge on any atom is -0.466 e. The highest BCUT2D eigenvalue weighted by molar-refractivity contribution is 5.65. The van der Waals surface area contributed by atoms with Gasteiger partial charge in [0.05, 0.1) is 6.61 Å². The molecule has 0 aromatic carbocycles. The van der Waals surface area contributed by atoms with Crippen molar-refractivity contribution in [3.8, 4) is 0 Å². The van der Waals surface area contributed by atoms with Crippen molar-refractivity contribution in [1.82, 2.24) is 0 Å². The minimum absolute atomic E-state index is 0.142. The molecule has 0 spiro atoms. The summed E-state index contributed by atoms with van der Waals surface area (Å²) in [6.45, 7) is 12.3. The Kier molecular flexibility index (Phi) is 7.15. The number of hydrogen-bond acceptors (Lipinski definition) is 2. The third kappa shape index (κ3) is 4.48. The fraction of sp³-hybridized carbons (Fsp3) is 0.966. The molecule has 2 unspecified atom stereocenters. The van der Waals surface area contributed by atoms with Gasteiger partial charge in [-0.1, -0.05) is 53.4 Å². The summed E-state index contributed by atoms with van der Waals surface area (Å²) in [5.74, 6) is 6.22. The van der Waals surface area contributed by atoms with Crippen molar-refractivity contribution >= 4 is 5.97 Å². The molecule has 0 aromatic rings. The Labute approximate surface area is 192 Å². The van der Waals surface area contributed by atoms with Crippen molar-refractivity contribution in [1.29, 1.82) is 0 Å². The Morgan fingerprint density at radius 1 is 0.903 bits per heavy atom. The predicted octanol–water partition coefficient (Wildman–Crippen LogP) is 8.04. The summed E-state index contributed by atoms with van der Waals surface area (Å²) in [6, 6.07) is 0. The fourth-order valence-corrected chi connectivity index (χ4v) is 9.60. The van der Waals surface area contributed by atoms with Gasteiger partial charge in [-0.05, 0) is 110 Å².